The van der Waals surface area contributed by atoms with Crippen LogP contribution < -0.4 is 10.6 Å². The van der Waals surface area contributed by atoms with Crippen molar-refractivity contribution in [2.45, 2.75) is 33.2 Å². The number of carbonyl (C=O) groups is 2. The number of halogens is 4. The van der Waals surface area contributed by atoms with E-state index in [1.165, 1.54) is 6.07 Å². The molecule has 0 spiro atoms. The van der Waals surface area contributed by atoms with Gasteiger partial charge in [-0.05, 0) is 42.0 Å². The molecule has 3 atom stereocenters. The molecular weight excluding hydrogens is 446 g/mol. The second-order valence-corrected chi connectivity index (χ2v) is 9.07. The summed E-state index contributed by atoms with van der Waals surface area (Å²) in [7, 11) is 0. The number of anilines is 1. The van der Waals surface area contributed by atoms with Gasteiger partial charge in [0.25, 0.3) is 0 Å². The molecule has 1 aromatic carbocycles. The molecule has 0 aromatic heterocycles. The number of carbonyl (C=O) groups excluding carboxylic acids is 2. The van der Waals surface area contributed by atoms with Crippen molar-refractivity contribution in [3.63, 3.8) is 0 Å². The molecule has 5 nitrogen and oxygen atoms in total. The van der Waals surface area contributed by atoms with Crippen molar-refractivity contribution >= 4 is 64.1 Å². The van der Waals surface area contributed by atoms with Crippen LogP contribution in [-0.4, -0.2) is 24.6 Å². The highest BCUT2D eigenvalue weighted by Gasteiger charge is 2.60. The Morgan fingerprint density at radius 2 is 1.93 bits per heavy atom. The first kappa shape index (κ1) is 23.1. The van der Waals surface area contributed by atoms with E-state index in [1.807, 2.05) is 20.8 Å². The first-order chi connectivity index (χ1) is 13.1. The Kier molecular flexibility index (Phi) is 7.91. The largest absolute Gasteiger partial charge is 0.447 e. The molecule has 2 rings (SSSR count). The lowest BCUT2D eigenvalue weighted by atomic mass is 10.1. The normalized spacial score (nSPS) is 20.7. The summed E-state index contributed by atoms with van der Waals surface area (Å²) >= 11 is 23.2. The van der Waals surface area contributed by atoms with Gasteiger partial charge >= 0.3 is 6.09 Å². The van der Waals surface area contributed by atoms with Crippen LogP contribution in [0.5, 0.6) is 0 Å². The maximum absolute atomic E-state index is 12.6. The summed E-state index contributed by atoms with van der Waals surface area (Å²) in [4.78, 5) is 24.6. The van der Waals surface area contributed by atoms with Crippen LogP contribution in [0.2, 0.25) is 10.0 Å². The fourth-order valence-corrected chi connectivity index (χ4v) is 3.65. The maximum Gasteiger partial charge on any atom is 0.411 e. The fourth-order valence-electron chi connectivity index (χ4n) is 3.08. The molecule has 0 heterocycles. The standard InChI is InChI=1S/C19H22Cl4N2O3/c1-4-10(24-17(26)16-12(8-15(22)23)19(16,2)3)9-28-18(27)25-11-5-6-13(20)14(21)7-11/h5-8,10,12,16H,4,9H2,1-3H3,(H,24,26)(H,25,27)/t10-,12+,16+/m1/s1. The van der Waals surface area contributed by atoms with Gasteiger partial charge in [0, 0.05) is 5.69 Å². The molecule has 1 aliphatic rings. The number of amides is 2. The van der Waals surface area contributed by atoms with Gasteiger partial charge < -0.3 is 10.1 Å². The van der Waals surface area contributed by atoms with E-state index in [0.29, 0.717) is 22.2 Å². The van der Waals surface area contributed by atoms with Crippen LogP contribution in [0.25, 0.3) is 0 Å². The molecule has 0 unspecified atom stereocenters. The van der Waals surface area contributed by atoms with Gasteiger partial charge in [-0.3, -0.25) is 10.1 Å². The van der Waals surface area contributed by atoms with E-state index >= 15 is 0 Å². The molecule has 154 valence electrons. The molecule has 28 heavy (non-hydrogen) atoms. The monoisotopic (exact) mass is 466 g/mol. The van der Waals surface area contributed by atoms with Gasteiger partial charge in [0.05, 0.1) is 22.0 Å². The third kappa shape index (κ3) is 5.93. The van der Waals surface area contributed by atoms with Crippen LogP contribution in [0.15, 0.2) is 28.8 Å². The highest BCUT2D eigenvalue weighted by molar-refractivity contribution is 6.55. The smallest absolute Gasteiger partial charge is 0.411 e. The van der Waals surface area contributed by atoms with E-state index < -0.39 is 6.09 Å². The van der Waals surface area contributed by atoms with E-state index in [0.717, 1.165) is 0 Å². The zero-order valence-electron chi connectivity index (χ0n) is 15.7. The summed E-state index contributed by atoms with van der Waals surface area (Å²) in [5.74, 6) is -0.353. The minimum Gasteiger partial charge on any atom is -0.447 e. The molecule has 1 aromatic rings. The quantitative estimate of drug-likeness (QED) is 0.514. The van der Waals surface area contributed by atoms with Crippen molar-refractivity contribution in [3.8, 4) is 0 Å². The van der Waals surface area contributed by atoms with Crippen LogP contribution in [0.4, 0.5) is 10.5 Å². The van der Waals surface area contributed by atoms with E-state index in [9.17, 15) is 9.59 Å². The number of nitrogens with one attached hydrogen (secondary N) is 2. The lowest BCUT2D eigenvalue weighted by Crippen LogP contribution is -2.40. The molecule has 2 N–H and O–H groups in total. The lowest BCUT2D eigenvalue weighted by Gasteiger charge is -2.18. The minimum absolute atomic E-state index is 0.0196. The van der Waals surface area contributed by atoms with Crippen LogP contribution >= 0.6 is 46.4 Å². The first-order valence-electron chi connectivity index (χ1n) is 8.78. The Morgan fingerprint density at radius 3 is 2.50 bits per heavy atom. The highest BCUT2D eigenvalue weighted by Crippen LogP contribution is 2.59. The van der Waals surface area contributed by atoms with Gasteiger partial charge in [0.15, 0.2) is 0 Å². The van der Waals surface area contributed by atoms with Crippen LogP contribution in [0.1, 0.15) is 27.2 Å². The molecular formula is C19H22Cl4N2O3. The summed E-state index contributed by atoms with van der Waals surface area (Å²) in [5, 5.41) is 6.21. The van der Waals surface area contributed by atoms with E-state index in [4.69, 9.17) is 51.1 Å². The molecule has 1 saturated carbocycles. The van der Waals surface area contributed by atoms with Crippen LogP contribution in [0, 0.1) is 17.3 Å². The maximum atomic E-state index is 12.6. The minimum atomic E-state index is -0.646. The van der Waals surface area contributed by atoms with E-state index in [1.54, 1.807) is 18.2 Å². The number of hydrogen-bond acceptors (Lipinski definition) is 3. The van der Waals surface area contributed by atoms with Gasteiger partial charge in [-0.15, -0.1) is 0 Å². The molecule has 9 heteroatoms. The Hall–Kier alpha value is -1.14. The fraction of sp³-hybridized carbons (Fsp3) is 0.474. The third-order valence-corrected chi connectivity index (χ3v) is 5.91. The average Bonchev–Trinajstić information content (AvgIpc) is 3.14. The van der Waals surface area contributed by atoms with Gasteiger partial charge in [0.1, 0.15) is 11.1 Å². The van der Waals surface area contributed by atoms with Gasteiger partial charge in [-0.2, -0.15) is 0 Å². The number of allylic oxidation sites excluding steroid dienone is 1. The summed E-state index contributed by atoms with van der Waals surface area (Å²) < 4.78 is 5.37. The first-order valence-corrected chi connectivity index (χ1v) is 10.3. The number of benzene rings is 1. The van der Waals surface area contributed by atoms with Crippen molar-refractivity contribution in [1.29, 1.82) is 0 Å². The molecule has 0 saturated heterocycles. The number of hydrogen-bond donors (Lipinski definition) is 2. The Balaban J connectivity index is 1.85. The van der Waals surface area contributed by atoms with Crippen molar-refractivity contribution in [2.24, 2.45) is 17.3 Å². The summed E-state index contributed by atoms with van der Waals surface area (Å²) in [5.41, 5.74) is 0.243. The van der Waals surface area contributed by atoms with E-state index in [2.05, 4.69) is 10.6 Å². The predicted molar refractivity (Wildman–Crippen MR) is 114 cm³/mol. The second kappa shape index (κ2) is 9.57. The lowest BCUT2D eigenvalue weighted by molar-refractivity contribution is -0.124. The summed E-state index contributed by atoms with van der Waals surface area (Å²) in [6.45, 7) is 5.91. The SMILES string of the molecule is CC[C@H](COC(=O)Nc1ccc(Cl)c(Cl)c1)NC(=O)[C@@H]1[C@H](C=C(Cl)Cl)C1(C)C. The van der Waals surface area contributed by atoms with Crippen molar-refractivity contribution < 1.29 is 14.3 Å². The average molecular weight is 468 g/mol. The molecule has 2 amide bonds. The number of rotatable bonds is 7. The Labute approximate surface area is 184 Å². The van der Waals surface area contributed by atoms with Gasteiger partial charge in [0.2, 0.25) is 5.91 Å². The molecule has 0 aliphatic heterocycles. The zero-order chi connectivity index (χ0) is 21.1. The van der Waals surface area contributed by atoms with Crippen molar-refractivity contribution in [2.75, 3.05) is 11.9 Å². The van der Waals surface area contributed by atoms with Crippen LogP contribution in [-0.2, 0) is 9.53 Å². The highest BCUT2D eigenvalue weighted by atomic mass is 35.5. The van der Waals surface area contributed by atoms with Gasteiger partial charge in [-0.25, -0.2) is 4.79 Å². The second-order valence-electron chi connectivity index (χ2n) is 7.25. The van der Waals surface area contributed by atoms with Gasteiger partial charge in [-0.1, -0.05) is 67.2 Å². The van der Waals surface area contributed by atoms with Crippen molar-refractivity contribution in [1.82, 2.24) is 5.32 Å². The molecule has 1 aliphatic carbocycles. The molecule has 0 bridgehead atoms. The topological polar surface area (TPSA) is 67.4 Å². The Morgan fingerprint density at radius 1 is 1.25 bits per heavy atom. The van der Waals surface area contributed by atoms with Crippen molar-refractivity contribution in [3.05, 3.63) is 38.8 Å². The predicted octanol–water partition coefficient (Wildman–Crippen LogP) is 6.03. The molecule has 0 radical (unpaired) electrons. The van der Waals surface area contributed by atoms with E-state index in [-0.39, 0.29) is 40.3 Å². The molecule has 1 fully saturated rings. The number of ether oxygens (including phenoxy) is 1. The summed E-state index contributed by atoms with van der Waals surface area (Å²) in [6, 6.07) is 4.40. The van der Waals surface area contributed by atoms with Crippen LogP contribution in [0.3, 0.4) is 0 Å². The summed E-state index contributed by atoms with van der Waals surface area (Å²) in [6.07, 6.45) is 1.65. The third-order valence-electron chi connectivity index (χ3n) is 4.92. The Bertz CT molecular complexity index is 778. The zero-order valence-corrected chi connectivity index (χ0v) is 18.7.